The molecule has 0 fully saturated rings. The molecule has 0 radical (unpaired) electrons. The number of carbonyl (C=O) groups excluding carboxylic acids is 1. The summed E-state index contributed by atoms with van der Waals surface area (Å²) in [4.78, 5) is 16.6. The minimum atomic E-state index is -4.11. The Kier molecular flexibility index (Phi) is 7.16. The first-order valence-electron chi connectivity index (χ1n) is 9.16. The van der Waals surface area contributed by atoms with Crippen LogP contribution < -0.4 is 14.8 Å². The number of nitrogens with zero attached hydrogens (tertiary/aromatic N) is 1. The summed E-state index contributed by atoms with van der Waals surface area (Å²) >= 11 is 0. The van der Waals surface area contributed by atoms with E-state index in [-0.39, 0.29) is 28.6 Å². The molecular weight excluding hydrogens is 425 g/mol. The van der Waals surface area contributed by atoms with Crippen LogP contribution in [0.2, 0.25) is 0 Å². The summed E-state index contributed by atoms with van der Waals surface area (Å²) < 4.78 is 51.7. The molecule has 1 amide bonds. The molecule has 3 rings (SSSR count). The smallest absolute Gasteiger partial charge is 0.262 e. The largest absolute Gasteiger partial charge is 0.474 e. The van der Waals surface area contributed by atoms with Gasteiger partial charge in [0, 0.05) is 18.9 Å². The third-order valence-corrected chi connectivity index (χ3v) is 5.43. The van der Waals surface area contributed by atoms with E-state index >= 15 is 0 Å². The number of carbonyl (C=O) groups is 1. The average Bonchev–Trinajstić information content (AvgIpc) is 2.77. The summed E-state index contributed by atoms with van der Waals surface area (Å²) in [6.07, 6.45) is 1.51. The number of anilines is 2. The third kappa shape index (κ3) is 5.77. The monoisotopic (exact) mass is 445 g/mol. The van der Waals surface area contributed by atoms with E-state index < -0.39 is 21.7 Å². The summed E-state index contributed by atoms with van der Waals surface area (Å²) in [6, 6.07) is 14.0. The summed E-state index contributed by atoms with van der Waals surface area (Å²) in [5, 5.41) is 2.65. The van der Waals surface area contributed by atoms with E-state index in [9.17, 15) is 17.6 Å². The molecule has 0 aliphatic rings. The zero-order valence-electron chi connectivity index (χ0n) is 16.5. The third-order valence-electron chi connectivity index (χ3n) is 4.07. The number of ether oxygens (including phenoxy) is 2. The molecule has 0 atom stereocenters. The molecule has 10 heteroatoms. The van der Waals surface area contributed by atoms with Crippen molar-refractivity contribution >= 4 is 27.3 Å². The number of rotatable bonds is 9. The normalized spacial score (nSPS) is 11.0. The summed E-state index contributed by atoms with van der Waals surface area (Å²) in [7, 11) is -2.57. The molecule has 1 aromatic heterocycles. The number of hydrogen-bond donors (Lipinski definition) is 2. The zero-order chi connectivity index (χ0) is 22.3. The molecule has 2 aromatic carbocycles. The van der Waals surface area contributed by atoms with Crippen LogP contribution in [0.3, 0.4) is 0 Å². The Balaban J connectivity index is 1.79. The topological polar surface area (TPSA) is 107 Å². The molecule has 2 N–H and O–H groups in total. The molecule has 0 spiro atoms. The molecule has 0 saturated carbocycles. The quantitative estimate of drug-likeness (QED) is 0.490. The number of pyridine rings is 1. The highest BCUT2D eigenvalue weighted by atomic mass is 32.2. The Bertz CT molecular complexity index is 1170. The molecule has 8 nitrogen and oxygen atoms in total. The summed E-state index contributed by atoms with van der Waals surface area (Å²) in [6.45, 7) is 0.588. The van der Waals surface area contributed by atoms with Crippen LogP contribution in [0.5, 0.6) is 5.88 Å². The summed E-state index contributed by atoms with van der Waals surface area (Å²) in [5.74, 6) is -1.07. The average molecular weight is 445 g/mol. The van der Waals surface area contributed by atoms with Gasteiger partial charge in [-0.2, -0.15) is 0 Å². The van der Waals surface area contributed by atoms with Gasteiger partial charge in [-0.05, 0) is 42.5 Å². The molecule has 0 saturated heterocycles. The first-order valence-corrected chi connectivity index (χ1v) is 10.6. The van der Waals surface area contributed by atoms with Crippen molar-refractivity contribution in [1.82, 2.24) is 4.98 Å². The van der Waals surface area contributed by atoms with Crippen molar-refractivity contribution in [2.45, 2.75) is 4.90 Å². The number of para-hydroxylation sites is 1. The van der Waals surface area contributed by atoms with Gasteiger partial charge in [-0.25, -0.2) is 17.8 Å². The maximum absolute atomic E-state index is 13.8. The highest BCUT2D eigenvalue weighted by molar-refractivity contribution is 7.92. The van der Waals surface area contributed by atoms with Gasteiger partial charge >= 0.3 is 0 Å². The molecule has 31 heavy (non-hydrogen) atoms. The van der Waals surface area contributed by atoms with Gasteiger partial charge in [0.1, 0.15) is 18.1 Å². The highest BCUT2D eigenvalue weighted by Gasteiger charge is 2.19. The fourth-order valence-electron chi connectivity index (χ4n) is 2.57. The van der Waals surface area contributed by atoms with Crippen molar-refractivity contribution in [1.29, 1.82) is 0 Å². The number of methoxy groups -OCH3 is 1. The van der Waals surface area contributed by atoms with Gasteiger partial charge in [0.2, 0.25) is 5.88 Å². The maximum atomic E-state index is 13.8. The second-order valence-corrected chi connectivity index (χ2v) is 7.95. The number of amides is 1. The fraction of sp³-hybridized carbons (Fsp3) is 0.143. The Morgan fingerprint density at radius 1 is 1.03 bits per heavy atom. The summed E-state index contributed by atoms with van der Waals surface area (Å²) in [5.41, 5.74) is 0.218. The molecule has 0 aliphatic carbocycles. The van der Waals surface area contributed by atoms with Crippen LogP contribution >= 0.6 is 0 Å². The number of halogens is 1. The van der Waals surface area contributed by atoms with Crippen molar-refractivity contribution in [2.24, 2.45) is 0 Å². The predicted octanol–water partition coefficient (Wildman–Crippen LogP) is 3.30. The number of nitrogens with one attached hydrogen (secondary N) is 2. The first-order chi connectivity index (χ1) is 14.9. The Morgan fingerprint density at radius 2 is 1.81 bits per heavy atom. The van der Waals surface area contributed by atoms with Gasteiger partial charge < -0.3 is 14.8 Å². The van der Waals surface area contributed by atoms with Crippen LogP contribution in [0.15, 0.2) is 71.8 Å². The molecular formula is C21H20FN3O5S. The lowest BCUT2D eigenvalue weighted by atomic mass is 10.2. The van der Waals surface area contributed by atoms with Crippen LogP contribution in [-0.2, 0) is 14.8 Å². The van der Waals surface area contributed by atoms with Gasteiger partial charge in [0.25, 0.3) is 15.9 Å². The van der Waals surface area contributed by atoms with Gasteiger partial charge in [-0.15, -0.1) is 0 Å². The maximum Gasteiger partial charge on any atom is 0.262 e. The molecule has 1 heterocycles. The SMILES string of the molecule is COCCOc1ncccc1NC(=O)c1cccc(S(=O)(=O)Nc2ccccc2F)c1. The van der Waals surface area contributed by atoms with E-state index in [4.69, 9.17) is 9.47 Å². The van der Waals surface area contributed by atoms with Crippen molar-refractivity contribution in [3.8, 4) is 5.88 Å². The van der Waals surface area contributed by atoms with E-state index in [2.05, 4.69) is 15.0 Å². The van der Waals surface area contributed by atoms with Gasteiger partial charge in [0.15, 0.2) is 0 Å². The Morgan fingerprint density at radius 3 is 2.58 bits per heavy atom. The highest BCUT2D eigenvalue weighted by Crippen LogP contribution is 2.23. The van der Waals surface area contributed by atoms with Crippen LogP contribution in [-0.4, -0.2) is 39.6 Å². The molecule has 0 unspecified atom stereocenters. The number of hydrogen-bond acceptors (Lipinski definition) is 6. The van der Waals surface area contributed by atoms with Crippen LogP contribution in [0.25, 0.3) is 0 Å². The lowest BCUT2D eigenvalue weighted by Crippen LogP contribution is -2.17. The fourth-order valence-corrected chi connectivity index (χ4v) is 3.68. The first kappa shape index (κ1) is 22.2. The number of sulfonamides is 1. The molecule has 3 aromatic rings. The second-order valence-electron chi connectivity index (χ2n) is 6.26. The second kappa shape index (κ2) is 10.0. The van der Waals surface area contributed by atoms with Crippen molar-refractivity contribution in [2.75, 3.05) is 30.4 Å². The zero-order valence-corrected chi connectivity index (χ0v) is 17.4. The van der Waals surface area contributed by atoms with Crippen LogP contribution in [0.4, 0.5) is 15.8 Å². The minimum absolute atomic E-state index is 0.0862. The molecule has 162 valence electrons. The van der Waals surface area contributed by atoms with E-state index in [0.29, 0.717) is 12.3 Å². The van der Waals surface area contributed by atoms with Gasteiger partial charge in [-0.1, -0.05) is 18.2 Å². The Labute approximate surface area is 179 Å². The minimum Gasteiger partial charge on any atom is -0.474 e. The van der Waals surface area contributed by atoms with Crippen molar-refractivity contribution in [3.05, 3.63) is 78.2 Å². The van der Waals surface area contributed by atoms with E-state index in [0.717, 1.165) is 6.07 Å². The lowest BCUT2D eigenvalue weighted by molar-refractivity contribution is 0.102. The van der Waals surface area contributed by atoms with Crippen molar-refractivity contribution < 1.29 is 27.1 Å². The molecule has 0 bridgehead atoms. The standard InChI is InChI=1S/C21H20FN3O5S/c1-29-12-13-30-21-19(10-5-11-23-21)24-20(26)15-6-4-7-16(14-15)31(27,28)25-18-9-3-2-8-17(18)22/h2-11,14,25H,12-13H2,1H3,(H,24,26). The number of aromatic nitrogens is 1. The number of benzene rings is 2. The Hall–Kier alpha value is -3.50. The van der Waals surface area contributed by atoms with Crippen LogP contribution in [0.1, 0.15) is 10.4 Å². The van der Waals surface area contributed by atoms with Gasteiger partial charge in [-0.3, -0.25) is 9.52 Å². The van der Waals surface area contributed by atoms with E-state index in [1.807, 2.05) is 0 Å². The molecule has 0 aliphatic heterocycles. The lowest BCUT2D eigenvalue weighted by Gasteiger charge is -2.12. The van der Waals surface area contributed by atoms with Gasteiger partial charge in [0.05, 0.1) is 17.2 Å². The van der Waals surface area contributed by atoms with E-state index in [1.165, 1.54) is 55.8 Å². The van der Waals surface area contributed by atoms with Crippen molar-refractivity contribution in [3.63, 3.8) is 0 Å². The van der Waals surface area contributed by atoms with E-state index in [1.54, 1.807) is 12.1 Å². The predicted molar refractivity (Wildman–Crippen MR) is 113 cm³/mol. The van der Waals surface area contributed by atoms with Crippen LogP contribution in [0, 0.1) is 5.82 Å².